The first-order chi connectivity index (χ1) is 8.63. The number of hydrogen-bond donors (Lipinski definition) is 1. The van der Waals surface area contributed by atoms with Gasteiger partial charge in [-0.15, -0.1) is 0 Å². The summed E-state index contributed by atoms with van der Waals surface area (Å²) in [7, 11) is 0. The van der Waals surface area contributed by atoms with Crippen molar-refractivity contribution in [1.82, 2.24) is 4.90 Å². The Bertz CT molecular complexity index is 334. The SMILES string of the molecule is CSC1CCCCN(C(=O)C2CCC2C(=O)O)C1. The van der Waals surface area contributed by atoms with Gasteiger partial charge in [0.05, 0.1) is 11.8 Å². The normalized spacial score (nSPS) is 32.5. The molecular weight excluding hydrogens is 250 g/mol. The molecule has 2 fully saturated rings. The minimum atomic E-state index is -0.809. The molecule has 0 aromatic rings. The lowest BCUT2D eigenvalue weighted by Gasteiger charge is -2.36. The fourth-order valence-corrected chi connectivity index (χ4v) is 3.55. The highest BCUT2D eigenvalue weighted by molar-refractivity contribution is 7.99. The van der Waals surface area contributed by atoms with Crippen LogP contribution in [0, 0.1) is 11.8 Å². The summed E-state index contributed by atoms with van der Waals surface area (Å²) in [6, 6.07) is 0. The molecule has 3 atom stereocenters. The van der Waals surface area contributed by atoms with Crippen LogP contribution < -0.4 is 0 Å². The van der Waals surface area contributed by atoms with Crippen LogP contribution in [0.2, 0.25) is 0 Å². The van der Waals surface area contributed by atoms with Crippen LogP contribution in [0.4, 0.5) is 0 Å². The van der Waals surface area contributed by atoms with Gasteiger partial charge in [-0.05, 0) is 31.9 Å². The van der Waals surface area contributed by atoms with Crippen molar-refractivity contribution in [3.63, 3.8) is 0 Å². The highest BCUT2D eigenvalue weighted by Crippen LogP contribution is 2.36. The Hall–Kier alpha value is -0.710. The van der Waals surface area contributed by atoms with E-state index in [4.69, 9.17) is 5.11 Å². The van der Waals surface area contributed by atoms with E-state index in [1.54, 1.807) is 0 Å². The Balaban J connectivity index is 1.97. The van der Waals surface area contributed by atoms with Gasteiger partial charge in [-0.2, -0.15) is 11.8 Å². The average Bonchev–Trinajstić information content (AvgIpc) is 2.51. The first kappa shape index (κ1) is 13.7. The second kappa shape index (κ2) is 5.95. The predicted molar refractivity (Wildman–Crippen MR) is 71.6 cm³/mol. The zero-order chi connectivity index (χ0) is 13.1. The van der Waals surface area contributed by atoms with Crippen molar-refractivity contribution in [3.8, 4) is 0 Å². The third kappa shape index (κ3) is 2.82. The molecular formula is C13H21NO3S. The van der Waals surface area contributed by atoms with Gasteiger partial charge in [0.25, 0.3) is 0 Å². The highest BCUT2D eigenvalue weighted by atomic mass is 32.2. The summed E-state index contributed by atoms with van der Waals surface area (Å²) < 4.78 is 0. The summed E-state index contributed by atoms with van der Waals surface area (Å²) in [4.78, 5) is 25.3. The zero-order valence-electron chi connectivity index (χ0n) is 10.8. The van der Waals surface area contributed by atoms with E-state index in [9.17, 15) is 9.59 Å². The number of carboxylic acid groups (broad SMARTS) is 1. The molecule has 0 radical (unpaired) electrons. The number of amides is 1. The predicted octanol–water partition coefficient (Wildman–Crippen LogP) is 1.84. The van der Waals surface area contributed by atoms with E-state index in [0.717, 1.165) is 32.4 Å². The second-order valence-corrected chi connectivity index (χ2v) is 6.40. The summed E-state index contributed by atoms with van der Waals surface area (Å²) >= 11 is 1.81. The number of hydrogen-bond acceptors (Lipinski definition) is 3. The number of likely N-dealkylation sites (tertiary alicyclic amines) is 1. The number of rotatable bonds is 3. The smallest absolute Gasteiger partial charge is 0.307 e. The van der Waals surface area contributed by atoms with Gasteiger partial charge in [-0.1, -0.05) is 6.42 Å². The van der Waals surface area contributed by atoms with E-state index in [1.807, 2.05) is 16.7 Å². The van der Waals surface area contributed by atoms with E-state index >= 15 is 0 Å². The van der Waals surface area contributed by atoms with Crippen LogP contribution >= 0.6 is 11.8 Å². The molecule has 1 saturated carbocycles. The van der Waals surface area contributed by atoms with Gasteiger partial charge in [0.2, 0.25) is 5.91 Å². The van der Waals surface area contributed by atoms with Crippen molar-refractivity contribution in [2.75, 3.05) is 19.3 Å². The number of carbonyl (C=O) groups excluding carboxylic acids is 1. The molecule has 1 heterocycles. The number of carbonyl (C=O) groups is 2. The second-order valence-electron chi connectivity index (χ2n) is 5.27. The molecule has 0 aromatic heterocycles. The topological polar surface area (TPSA) is 57.6 Å². The lowest BCUT2D eigenvalue weighted by atomic mass is 9.73. The van der Waals surface area contributed by atoms with Crippen LogP contribution in [0.3, 0.4) is 0 Å². The largest absolute Gasteiger partial charge is 0.481 e. The number of carboxylic acids is 1. The minimum absolute atomic E-state index is 0.0783. The van der Waals surface area contributed by atoms with E-state index in [-0.39, 0.29) is 11.8 Å². The molecule has 2 aliphatic rings. The molecule has 5 heteroatoms. The van der Waals surface area contributed by atoms with Crippen LogP contribution in [0.15, 0.2) is 0 Å². The molecule has 3 unspecified atom stereocenters. The van der Waals surface area contributed by atoms with E-state index < -0.39 is 11.9 Å². The lowest BCUT2D eigenvalue weighted by Crippen LogP contribution is -2.47. The Morgan fingerprint density at radius 2 is 1.89 bits per heavy atom. The molecule has 102 valence electrons. The molecule has 1 aliphatic heterocycles. The molecule has 1 amide bonds. The van der Waals surface area contributed by atoms with E-state index in [0.29, 0.717) is 11.7 Å². The fourth-order valence-electron chi connectivity index (χ4n) is 2.82. The van der Waals surface area contributed by atoms with Crippen LogP contribution in [-0.4, -0.2) is 46.5 Å². The first-order valence-electron chi connectivity index (χ1n) is 6.68. The van der Waals surface area contributed by atoms with Crippen LogP contribution in [0.25, 0.3) is 0 Å². The number of thioether (sulfide) groups is 1. The van der Waals surface area contributed by atoms with Crippen molar-refractivity contribution in [2.45, 2.75) is 37.4 Å². The van der Waals surface area contributed by atoms with Gasteiger partial charge >= 0.3 is 5.97 Å². The third-order valence-corrected chi connectivity index (χ3v) is 5.23. The molecule has 1 N–H and O–H groups in total. The Labute approximate surface area is 112 Å². The van der Waals surface area contributed by atoms with E-state index in [1.165, 1.54) is 6.42 Å². The number of nitrogens with zero attached hydrogens (tertiary/aromatic N) is 1. The van der Waals surface area contributed by atoms with Crippen molar-refractivity contribution in [3.05, 3.63) is 0 Å². The van der Waals surface area contributed by atoms with Crippen molar-refractivity contribution < 1.29 is 14.7 Å². The molecule has 0 aromatic carbocycles. The van der Waals surface area contributed by atoms with Crippen LogP contribution in [0.1, 0.15) is 32.1 Å². The maximum absolute atomic E-state index is 12.4. The van der Waals surface area contributed by atoms with Gasteiger partial charge in [0.1, 0.15) is 0 Å². The molecule has 0 spiro atoms. The highest BCUT2D eigenvalue weighted by Gasteiger charge is 2.43. The fraction of sp³-hybridized carbons (Fsp3) is 0.846. The summed E-state index contributed by atoms with van der Waals surface area (Å²) in [5, 5.41) is 9.54. The molecule has 1 saturated heterocycles. The molecule has 2 rings (SSSR count). The number of aliphatic carboxylic acids is 1. The van der Waals surface area contributed by atoms with Crippen LogP contribution in [0.5, 0.6) is 0 Å². The van der Waals surface area contributed by atoms with Gasteiger partial charge in [0, 0.05) is 18.3 Å². The Kier molecular flexibility index (Phi) is 4.54. The van der Waals surface area contributed by atoms with Crippen molar-refractivity contribution in [1.29, 1.82) is 0 Å². The van der Waals surface area contributed by atoms with Gasteiger partial charge in [-0.3, -0.25) is 9.59 Å². The third-order valence-electron chi connectivity index (χ3n) is 4.18. The molecule has 18 heavy (non-hydrogen) atoms. The zero-order valence-corrected chi connectivity index (χ0v) is 11.6. The maximum Gasteiger partial charge on any atom is 0.307 e. The monoisotopic (exact) mass is 271 g/mol. The van der Waals surface area contributed by atoms with Gasteiger partial charge in [-0.25, -0.2) is 0 Å². The quantitative estimate of drug-likeness (QED) is 0.851. The summed E-state index contributed by atoms with van der Waals surface area (Å²) in [6.45, 7) is 1.60. The lowest BCUT2D eigenvalue weighted by molar-refractivity contribution is -0.156. The maximum atomic E-state index is 12.4. The summed E-state index contributed by atoms with van der Waals surface area (Å²) in [6.07, 6.45) is 6.87. The van der Waals surface area contributed by atoms with Gasteiger partial charge < -0.3 is 10.0 Å². The summed E-state index contributed by atoms with van der Waals surface area (Å²) in [5.41, 5.74) is 0. The first-order valence-corrected chi connectivity index (χ1v) is 7.96. The summed E-state index contributed by atoms with van der Waals surface area (Å²) in [5.74, 6) is -1.43. The van der Waals surface area contributed by atoms with Gasteiger partial charge in [0.15, 0.2) is 0 Å². The molecule has 4 nitrogen and oxygen atoms in total. The van der Waals surface area contributed by atoms with E-state index in [2.05, 4.69) is 6.26 Å². The molecule has 0 bridgehead atoms. The van der Waals surface area contributed by atoms with Crippen molar-refractivity contribution >= 4 is 23.6 Å². The average molecular weight is 271 g/mol. The Morgan fingerprint density at radius 1 is 1.17 bits per heavy atom. The standard InChI is InChI=1S/C13H21NO3S/c1-18-9-4-2-3-7-14(8-9)12(15)10-5-6-11(10)13(16)17/h9-11H,2-8H2,1H3,(H,16,17). The minimum Gasteiger partial charge on any atom is -0.481 e. The molecule has 1 aliphatic carbocycles. The Morgan fingerprint density at radius 3 is 2.44 bits per heavy atom. The van der Waals surface area contributed by atoms with Crippen LogP contribution in [-0.2, 0) is 9.59 Å². The van der Waals surface area contributed by atoms with Crippen molar-refractivity contribution in [2.24, 2.45) is 11.8 Å².